The second-order valence-corrected chi connectivity index (χ2v) is 7.26. The van der Waals surface area contributed by atoms with Crippen LogP contribution in [-0.4, -0.2) is 16.5 Å². The Balaban J connectivity index is 2.02. The largest absolute Gasteiger partial charge is 0.354 e. The van der Waals surface area contributed by atoms with E-state index in [-0.39, 0.29) is 17.9 Å². The molecule has 1 amide bonds. The number of benzene rings is 2. The first kappa shape index (κ1) is 18.2. The Hall–Kier alpha value is -2.55. The smallest absolute Gasteiger partial charge is 0.221 e. The van der Waals surface area contributed by atoms with E-state index >= 15 is 0 Å². The van der Waals surface area contributed by atoms with Crippen LogP contribution in [0.25, 0.3) is 10.9 Å². The van der Waals surface area contributed by atoms with Gasteiger partial charge in [-0.2, -0.15) is 0 Å². The summed E-state index contributed by atoms with van der Waals surface area (Å²) in [6, 6.07) is 17.2. The number of para-hydroxylation sites is 1. The molecule has 0 spiro atoms. The second-order valence-electron chi connectivity index (χ2n) is 7.26. The van der Waals surface area contributed by atoms with E-state index in [1.807, 2.05) is 0 Å². The molecule has 3 rings (SSSR count). The highest BCUT2D eigenvalue weighted by Gasteiger charge is 2.22. The Morgan fingerprint density at radius 3 is 2.50 bits per heavy atom. The molecule has 3 nitrogen and oxygen atoms in total. The van der Waals surface area contributed by atoms with Gasteiger partial charge in [0.2, 0.25) is 5.91 Å². The van der Waals surface area contributed by atoms with Crippen molar-refractivity contribution in [2.24, 2.45) is 7.05 Å². The third-order valence-corrected chi connectivity index (χ3v) is 5.19. The Bertz CT molecular complexity index is 892. The number of aromatic nitrogens is 1. The van der Waals surface area contributed by atoms with Gasteiger partial charge in [-0.1, -0.05) is 55.0 Å². The molecule has 0 bridgehead atoms. The Labute approximate surface area is 156 Å². The molecule has 3 aromatic rings. The number of nitrogens with one attached hydrogen (secondary N) is 1. The second kappa shape index (κ2) is 7.77. The van der Waals surface area contributed by atoms with Crippen LogP contribution in [0, 0.1) is 6.92 Å². The highest BCUT2D eigenvalue weighted by Crippen LogP contribution is 2.34. The van der Waals surface area contributed by atoms with Crippen molar-refractivity contribution in [3.8, 4) is 0 Å². The van der Waals surface area contributed by atoms with E-state index in [4.69, 9.17) is 0 Å². The van der Waals surface area contributed by atoms with Crippen molar-refractivity contribution < 1.29 is 4.79 Å². The highest BCUT2D eigenvalue weighted by molar-refractivity contribution is 5.86. The van der Waals surface area contributed by atoms with Gasteiger partial charge in [0.25, 0.3) is 0 Å². The summed E-state index contributed by atoms with van der Waals surface area (Å²) in [5.74, 6) is 0.156. The van der Waals surface area contributed by atoms with E-state index in [0.29, 0.717) is 6.42 Å². The van der Waals surface area contributed by atoms with Gasteiger partial charge < -0.3 is 9.88 Å². The number of rotatable bonds is 6. The van der Waals surface area contributed by atoms with Crippen LogP contribution >= 0.6 is 0 Å². The van der Waals surface area contributed by atoms with E-state index < -0.39 is 0 Å². The number of aryl methyl sites for hydroxylation is 2. The van der Waals surface area contributed by atoms with E-state index in [1.54, 1.807) is 0 Å². The zero-order valence-electron chi connectivity index (χ0n) is 16.1. The third-order valence-electron chi connectivity index (χ3n) is 5.19. The van der Waals surface area contributed by atoms with Gasteiger partial charge >= 0.3 is 0 Å². The number of hydrogen-bond donors (Lipinski definition) is 1. The summed E-state index contributed by atoms with van der Waals surface area (Å²) in [5, 5.41) is 4.34. The topological polar surface area (TPSA) is 34.0 Å². The number of nitrogens with zero attached hydrogens (tertiary/aromatic N) is 1. The summed E-state index contributed by atoms with van der Waals surface area (Å²) in [5.41, 5.74) is 4.83. The fourth-order valence-electron chi connectivity index (χ4n) is 3.48. The van der Waals surface area contributed by atoms with Crippen LogP contribution in [0.2, 0.25) is 0 Å². The van der Waals surface area contributed by atoms with Gasteiger partial charge in [-0.3, -0.25) is 4.79 Å². The molecule has 0 aliphatic heterocycles. The maximum absolute atomic E-state index is 12.7. The third kappa shape index (κ3) is 3.82. The average Bonchev–Trinajstić information content (AvgIpc) is 2.97. The molecule has 0 aliphatic rings. The standard InChI is InChI=1S/C23H28N2O/c1-5-17(3)24-23(26)14-20(18-12-10-16(2)11-13-18)21-15-25(4)22-9-7-6-8-19(21)22/h6-13,15,17,20H,5,14H2,1-4H3,(H,24,26). The van der Waals surface area contributed by atoms with Crippen LogP contribution < -0.4 is 5.32 Å². The van der Waals surface area contributed by atoms with E-state index in [9.17, 15) is 4.79 Å². The maximum Gasteiger partial charge on any atom is 0.221 e. The predicted octanol–water partition coefficient (Wildman–Crippen LogP) is 4.92. The average molecular weight is 348 g/mol. The van der Waals surface area contributed by atoms with Crippen LogP contribution in [0.3, 0.4) is 0 Å². The van der Waals surface area contributed by atoms with Crippen LogP contribution in [0.5, 0.6) is 0 Å². The zero-order chi connectivity index (χ0) is 18.7. The number of hydrogen-bond acceptors (Lipinski definition) is 1. The molecule has 0 aliphatic carbocycles. The van der Waals surface area contributed by atoms with Crippen molar-refractivity contribution in [3.63, 3.8) is 0 Å². The predicted molar refractivity (Wildman–Crippen MR) is 108 cm³/mol. The molecule has 0 fully saturated rings. The number of amides is 1. The highest BCUT2D eigenvalue weighted by atomic mass is 16.1. The van der Waals surface area contributed by atoms with Crippen molar-refractivity contribution in [3.05, 3.63) is 71.4 Å². The molecule has 1 N–H and O–H groups in total. The molecule has 0 saturated carbocycles. The quantitative estimate of drug-likeness (QED) is 0.674. The molecule has 136 valence electrons. The van der Waals surface area contributed by atoms with Crippen molar-refractivity contribution >= 4 is 16.8 Å². The fourth-order valence-corrected chi connectivity index (χ4v) is 3.48. The molecule has 1 aromatic heterocycles. The summed E-state index contributed by atoms with van der Waals surface area (Å²) >= 11 is 0. The molecule has 2 aromatic carbocycles. The summed E-state index contributed by atoms with van der Waals surface area (Å²) < 4.78 is 2.15. The van der Waals surface area contributed by atoms with Gasteiger partial charge in [0.05, 0.1) is 0 Å². The molecule has 1 heterocycles. The van der Waals surface area contributed by atoms with E-state index in [0.717, 1.165) is 6.42 Å². The van der Waals surface area contributed by atoms with Gasteiger partial charge in [0.15, 0.2) is 0 Å². The minimum atomic E-state index is 0.0470. The lowest BCUT2D eigenvalue weighted by Gasteiger charge is -2.19. The lowest BCUT2D eigenvalue weighted by atomic mass is 9.87. The summed E-state index contributed by atoms with van der Waals surface area (Å²) in [4.78, 5) is 12.7. The molecule has 3 heteroatoms. The minimum Gasteiger partial charge on any atom is -0.354 e. The maximum atomic E-state index is 12.7. The summed E-state index contributed by atoms with van der Waals surface area (Å²) in [7, 11) is 2.07. The first-order chi connectivity index (χ1) is 12.5. The molecule has 2 atom stereocenters. The lowest BCUT2D eigenvalue weighted by molar-refractivity contribution is -0.121. The van der Waals surface area contributed by atoms with Crippen LogP contribution in [0.4, 0.5) is 0 Å². The monoisotopic (exact) mass is 348 g/mol. The van der Waals surface area contributed by atoms with Crippen molar-refractivity contribution in [2.45, 2.75) is 45.6 Å². The molecule has 0 saturated heterocycles. The van der Waals surface area contributed by atoms with Crippen molar-refractivity contribution in [2.75, 3.05) is 0 Å². The van der Waals surface area contributed by atoms with Crippen LogP contribution in [0.15, 0.2) is 54.7 Å². The summed E-state index contributed by atoms with van der Waals surface area (Å²) in [6.07, 6.45) is 3.57. The molecule has 2 unspecified atom stereocenters. The van der Waals surface area contributed by atoms with E-state index in [1.165, 1.54) is 27.6 Å². The number of fused-ring (bicyclic) bond motifs is 1. The minimum absolute atomic E-state index is 0.0470. The summed E-state index contributed by atoms with van der Waals surface area (Å²) in [6.45, 7) is 6.23. The van der Waals surface area contributed by atoms with E-state index in [2.05, 4.69) is 92.4 Å². The number of carbonyl (C=O) groups excluding carboxylic acids is 1. The Morgan fingerprint density at radius 2 is 1.81 bits per heavy atom. The SMILES string of the molecule is CCC(C)NC(=O)CC(c1ccc(C)cc1)c1cn(C)c2ccccc12. The van der Waals surface area contributed by atoms with Crippen LogP contribution in [0.1, 0.15) is 49.3 Å². The zero-order valence-corrected chi connectivity index (χ0v) is 16.1. The Morgan fingerprint density at radius 1 is 1.12 bits per heavy atom. The van der Waals surface area contributed by atoms with Gasteiger partial charge in [-0.05, 0) is 37.5 Å². The van der Waals surface area contributed by atoms with Gasteiger partial charge in [-0.25, -0.2) is 0 Å². The first-order valence-electron chi connectivity index (χ1n) is 9.39. The normalized spacial score (nSPS) is 13.5. The van der Waals surface area contributed by atoms with Gasteiger partial charge in [0.1, 0.15) is 0 Å². The lowest BCUT2D eigenvalue weighted by Crippen LogP contribution is -2.33. The van der Waals surface area contributed by atoms with Crippen molar-refractivity contribution in [1.82, 2.24) is 9.88 Å². The molecule has 0 radical (unpaired) electrons. The molecular weight excluding hydrogens is 320 g/mol. The molecule has 26 heavy (non-hydrogen) atoms. The fraction of sp³-hybridized carbons (Fsp3) is 0.348. The molecular formula is C23H28N2O. The van der Waals surface area contributed by atoms with Gasteiger partial charge in [0, 0.05) is 42.5 Å². The number of carbonyl (C=O) groups is 1. The Kier molecular flexibility index (Phi) is 5.46. The van der Waals surface area contributed by atoms with Gasteiger partial charge in [-0.15, -0.1) is 0 Å². The van der Waals surface area contributed by atoms with Crippen LogP contribution in [-0.2, 0) is 11.8 Å². The van der Waals surface area contributed by atoms with Crippen molar-refractivity contribution in [1.29, 1.82) is 0 Å². The first-order valence-corrected chi connectivity index (χ1v) is 9.39.